The Labute approximate surface area is 133 Å². The molecule has 0 radical (unpaired) electrons. The molecule has 0 aliphatic rings. The second-order valence-corrected chi connectivity index (χ2v) is 5.91. The molecular weight excluding hydrogens is 300 g/mol. The van der Waals surface area contributed by atoms with E-state index in [2.05, 4.69) is 15.6 Å². The molecule has 2 heterocycles. The van der Waals surface area contributed by atoms with Crippen LogP contribution in [0.1, 0.15) is 16.6 Å². The molecule has 2 amide bonds. The number of hydrogen-bond donors (Lipinski definition) is 2. The summed E-state index contributed by atoms with van der Waals surface area (Å²) in [4.78, 5) is 30.6. The number of hydrogen-bond acceptors (Lipinski definition) is 5. The fourth-order valence-electron chi connectivity index (χ4n) is 1.72. The summed E-state index contributed by atoms with van der Waals surface area (Å²) in [5.41, 5.74) is 0.591. The van der Waals surface area contributed by atoms with Gasteiger partial charge in [0.05, 0.1) is 16.8 Å². The molecule has 2 aromatic heterocycles. The van der Waals surface area contributed by atoms with Gasteiger partial charge in [0, 0.05) is 14.1 Å². The van der Waals surface area contributed by atoms with Crippen molar-refractivity contribution in [2.45, 2.75) is 13.0 Å². The van der Waals surface area contributed by atoms with Gasteiger partial charge in [0.2, 0.25) is 5.91 Å². The van der Waals surface area contributed by atoms with Gasteiger partial charge in [-0.05, 0) is 30.5 Å². The van der Waals surface area contributed by atoms with Crippen molar-refractivity contribution in [3.8, 4) is 0 Å². The van der Waals surface area contributed by atoms with Gasteiger partial charge in [-0.3, -0.25) is 9.59 Å². The summed E-state index contributed by atoms with van der Waals surface area (Å²) < 4.78 is 0. The maximum Gasteiger partial charge on any atom is 0.261 e. The van der Waals surface area contributed by atoms with Crippen LogP contribution in [0.2, 0.25) is 0 Å². The van der Waals surface area contributed by atoms with Gasteiger partial charge >= 0.3 is 0 Å². The van der Waals surface area contributed by atoms with Crippen molar-refractivity contribution in [3.05, 3.63) is 40.7 Å². The van der Waals surface area contributed by atoms with E-state index in [1.807, 2.05) is 30.4 Å². The Morgan fingerprint density at radius 2 is 2.05 bits per heavy atom. The van der Waals surface area contributed by atoms with E-state index in [0.717, 1.165) is 5.82 Å². The van der Waals surface area contributed by atoms with Crippen molar-refractivity contribution in [1.82, 2.24) is 10.3 Å². The maximum atomic E-state index is 12.1. The molecule has 0 aromatic carbocycles. The summed E-state index contributed by atoms with van der Waals surface area (Å²) in [6, 6.07) is 6.46. The number of nitrogens with one attached hydrogen (secondary N) is 2. The molecule has 6 nitrogen and oxygen atoms in total. The Bertz CT molecular complexity index is 638. The molecule has 22 heavy (non-hydrogen) atoms. The van der Waals surface area contributed by atoms with Crippen molar-refractivity contribution in [2.24, 2.45) is 0 Å². The number of nitrogens with zero attached hydrogens (tertiary/aromatic N) is 2. The number of rotatable bonds is 5. The van der Waals surface area contributed by atoms with E-state index < -0.39 is 6.04 Å². The average molecular weight is 318 g/mol. The minimum absolute atomic E-state index is 0.251. The van der Waals surface area contributed by atoms with E-state index in [1.165, 1.54) is 11.3 Å². The van der Waals surface area contributed by atoms with Crippen molar-refractivity contribution < 1.29 is 9.59 Å². The zero-order valence-corrected chi connectivity index (χ0v) is 13.5. The van der Waals surface area contributed by atoms with Crippen molar-refractivity contribution in [2.75, 3.05) is 24.3 Å². The molecule has 116 valence electrons. The fourth-order valence-corrected chi connectivity index (χ4v) is 2.34. The molecule has 0 unspecified atom stereocenters. The normalized spacial score (nSPS) is 11.6. The maximum absolute atomic E-state index is 12.1. The zero-order valence-electron chi connectivity index (χ0n) is 12.7. The molecule has 0 fully saturated rings. The highest BCUT2D eigenvalue weighted by Crippen LogP contribution is 2.12. The average Bonchev–Trinajstić information content (AvgIpc) is 3.02. The standard InChI is InChI=1S/C15H18N4O2S/c1-10(17-15(21)12-5-4-8-22-12)14(20)18-11-6-7-13(16-9-11)19(2)3/h4-10H,1-3H3,(H,17,21)(H,18,20)/t10-/m1/s1. The van der Waals surface area contributed by atoms with Crippen molar-refractivity contribution >= 4 is 34.7 Å². The molecule has 0 aliphatic heterocycles. The monoisotopic (exact) mass is 318 g/mol. The first kappa shape index (κ1) is 16.0. The summed E-state index contributed by atoms with van der Waals surface area (Å²) in [6.45, 7) is 1.64. The lowest BCUT2D eigenvalue weighted by atomic mass is 10.3. The van der Waals surface area contributed by atoms with Crippen LogP contribution in [-0.2, 0) is 4.79 Å². The van der Waals surface area contributed by atoms with Gasteiger partial charge in [0.25, 0.3) is 5.91 Å². The van der Waals surface area contributed by atoms with Crippen LogP contribution in [0.5, 0.6) is 0 Å². The van der Waals surface area contributed by atoms with E-state index in [9.17, 15) is 9.59 Å². The van der Waals surface area contributed by atoms with Crippen LogP contribution < -0.4 is 15.5 Å². The zero-order chi connectivity index (χ0) is 16.1. The first-order valence-electron chi connectivity index (χ1n) is 6.76. The third-order valence-corrected chi connectivity index (χ3v) is 3.83. The molecule has 0 saturated heterocycles. The third-order valence-electron chi connectivity index (χ3n) is 2.96. The van der Waals surface area contributed by atoms with Crippen LogP contribution in [0.3, 0.4) is 0 Å². The van der Waals surface area contributed by atoms with Crippen LogP contribution in [0.15, 0.2) is 35.8 Å². The van der Waals surface area contributed by atoms with Gasteiger partial charge < -0.3 is 15.5 Å². The summed E-state index contributed by atoms with van der Waals surface area (Å²) in [7, 11) is 3.78. The predicted octanol–water partition coefficient (Wildman–Crippen LogP) is 1.97. The van der Waals surface area contributed by atoms with Crippen molar-refractivity contribution in [3.63, 3.8) is 0 Å². The van der Waals surface area contributed by atoms with E-state index in [0.29, 0.717) is 10.6 Å². The largest absolute Gasteiger partial charge is 0.363 e. The number of pyridine rings is 1. The Balaban J connectivity index is 1.92. The SMILES string of the molecule is C[C@@H](NC(=O)c1cccs1)C(=O)Nc1ccc(N(C)C)nc1. The first-order chi connectivity index (χ1) is 10.5. The lowest BCUT2D eigenvalue weighted by Gasteiger charge is -2.15. The fraction of sp³-hybridized carbons (Fsp3) is 0.267. The highest BCUT2D eigenvalue weighted by atomic mass is 32.1. The molecule has 2 rings (SSSR count). The van der Waals surface area contributed by atoms with Gasteiger partial charge in [-0.15, -0.1) is 11.3 Å². The van der Waals surface area contributed by atoms with Gasteiger partial charge in [-0.2, -0.15) is 0 Å². The molecule has 0 bridgehead atoms. The molecular formula is C15H18N4O2S. The molecule has 0 aliphatic carbocycles. The second-order valence-electron chi connectivity index (χ2n) is 4.96. The summed E-state index contributed by atoms with van der Waals surface area (Å²) in [6.07, 6.45) is 1.58. The topological polar surface area (TPSA) is 74.3 Å². The summed E-state index contributed by atoms with van der Waals surface area (Å²) in [5.74, 6) is 0.264. The molecule has 0 saturated carbocycles. The van der Waals surface area contributed by atoms with Crippen LogP contribution >= 0.6 is 11.3 Å². The first-order valence-corrected chi connectivity index (χ1v) is 7.64. The predicted molar refractivity (Wildman–Crippen MR) is 88.4 cm³/mol. The number of carbonyl (C=O) groups excluding carboxylic acids is 2. The highest BCUT2D eigenvalue weighted by molar-refractivity contribution is 7.12. The smallest absolute Gasteiger partial charge is 0.261 e. The van der Waals surface area contributed by atoms with Gasteiger partial charge in [-0.1, -0.05) is 6.07 Å². The van der Waals surface area contributed by atoms with E-state index >= 15 is 0 Å². The number of anilines is 2. The van der Waals surface area contributed by atoms with E-state index in [4.69, 9.17) is 0 Å². The lowest BCUT2D eigenvalue weighted by molar-refractivity contribution is -0.117. The molecule has 0 spiro atoms. The number of thiophene rings is 1. The number of aromatic nitrogens is 1. The van der Waals surface area contributed by atoms with E-state index in [1.54, 1.807) is 31.3 Å². The molecule has 2 N–H and O–H groups in total. The summed E-state index contributed by atoms with van der Waals surface area (Å²) in [5, 5.41) is 7.21. The van der Waals surface area contributed by atoms with Crippen LogP contribution in [0, 0.1) is 0 Å². The third kappa shape index (κ3) is 4.05. The number of amides is 2. The lowest BCUT2D eigenvalue weighted by Crippen LogP contribution is -2.41. The molecule has 7 heteroatoms. The Morgan fingerprint density at radius 3 is 2.59 bits per heavy atom. The Morgan fingerprint density at radius 1 is 1.27 bits per heavy atom. The minimum atomic E-state index is -0.636. The van der Waals surface area contributed by atoms with Gasteiger partial charge in [0.15, 0.2) is 0 Å². The highest BCUT2D eigenvalue weighted by Gasteiger charge is 2.17. The van der Waals surface area contributed by atoms with Crippen LogP contribution in [0.4, 0.5) is 11.5 Å². The summed E-state index contributed by atoms with van der Waals surface area (Å²) >= 11 is 1.33. The number of carbonyl (C=O) groups is 2. The second kappa shape index (κ2) is 7.04. The quantitative estimate of drug-likeness (QED) is 0.884. The Kier molecular flexibility index (Phi) is 5.11. The van der Waals surface area contributed by atoms with Crippen LogP contribution in [-0.4, -0.2) is 36.9 Å². The molecule has 2 aromatic rings. The molecule has 1 atom stereocenters. The Hall–Kier alpha value is -2.41. The van der Waals surface area contributed by atoms with Gasteiger partial charge in [-0.25, -0.2) is 4.98 Å². The van der Waals surface area contributed by atoms with E-state index in [-0.39, 0.29) is 11.8 Å². The van der Waals surface area contributed by atoms with Crippen molar-refractivity contribution in [1.29, 1.82) is 0 Å². The van der Waals surface area contributed by atoms with Gasteiger partial charge in [0.1, 0.15) is 11.9 Å². The van der Waals surface area contributed by atoms with Crippen LogP contribution in [0.25, 0.3) is 0 Å². The minimum Gasteiger partial charge on any atom is -0.363 e.